The topological polar surface area (TPSA) is 21.3 Å². The minimum absolute atomic E-state index is 0.0249. The molecule has 1 aromatic carbocycles. The van der Waals surface area contributed by atoms with Crippen LogP contribution in [0.5, 0.6) is 0 Å². The van der Waals surface area contributed by atoms with E-state index in [-0.39, 0.29) is 12.2 Å². The summed E-state index contributed by atoms with van der Waals surface area (Å²) in [5, 5.41) is 2.80. The molecule has 0 heterocycles. The lowest BCUT2D eigenvalue weighted by molar-refractivity contribution is 0.167. The van der Waals surface area contributed by atoms with Crippen molar-refractivity contribution < 1.29 is 13.5 Å². The smallest absolute Gasteiger partial charge is 0.131 e. The number of ether oxygens (including phenoxy) is 1. The zero-order chi connectivity index (χ0) is 10.6. The Balaban J connectivity index is 3.02. The fraction of sp³-hybridized carbons (Fsp3) is 0.400. The summed E-state index contributed by atoms with van der Waals surface area (Å²) in [7, 11) is 3.12. The van der Waals surface area contributed by atoms with Crippen molar-refractivity contribution >= 4 is 0 Å². The lowest BCUT2D eigenvalue weighted by atomic mass is 10.1. The van der Waals surface area contributed by atoms with Gasteiger partial charge in [0, 0.05) is 12.7 Å². The summed E-state index contributed by atoms with van der Waals surface area (Å²) in [6.07, 6.45) is 0. The summed E-state index contributed by atoms with van der Waals surface area (Å²) in [5.41, 5.74) is 0.0249. The monoisotopic (exact) mass is 201 g/mol. The Bertz CT molecular complexity index is 284. The lowest BCUT2D eigenvalue weighted by Gasteiger charge is -2.16. The lowest BCUT2D eigenvalue weighted by Crippen LogP contribution is -2.23. The maximum absolute atomic E-state index is 13.3. The van der Waals surface area contributed by atoms with Gasteiger partial charge in [0.25, 0.3) is 0 Å². The highest BCUT2D eigenvalue weighted by Crippen LogP contribution is 2.20. The van der Waals surface area contributed by atoms with Crippen molar-refractivity contribution in [3.8, 4) is 0 Å². The molecular formula is C10H13F2NO. The second-order valence-electron chi connectivity index (χ2n) is 2.93. The van der Waals surface area contributed by atoms with Gasteiger partial charge in [0.05, 0.1) is 12.6 Å². The van der Waals surface area contributed by atoms with E-state index < -0.39 is 17.7 Å². The van der Waals surface area contributed by atoms with Crippen LogP contribution < -0.4 is 5.32 Å². The van der Waals surface area contributed by atoms with Crippen LogP contribution in [-0.2, 0) is 4.74 Å². The molecule has 1 aromatic rings. The molecule has 14 heavy (non-hydrogen) atoms. The van der Waals surface area contributed by atoms with E-state index >= 15 is 0 Å². The van der Waals surface area contributed by atoms with Crippen molar-refractivity contribution in [1.82, 2.24) is 5.32 Å². The maximum atomic E-state index is 13.3. The first-order chi connectivity index (χ1) is 6.70. The number of likely N-dealkylation sites (N-methyl/N-ethyl adjacent to an activating group) is 1. The van der Waals surface area contributed by atoms with Crippen LogP contribution in [0.3, 0.4) is 0 Å². The average Bonchev–Trinajstić information content (AvgIpc) is 2.16. The first kappa shape index (κ1) is 11.1. The van der Waals surface area contributed by atoms with Crippen molar-refractivity contribution in [1.29, 1.82) is 0 Å². The largest absolute Gasteiger partial charge is 0.383 e. The SMILES string of the molecule is CNC(COC)c1c(F)cccc1F. The Morgan fingerprint density at radius 3 is 2.36 bits per heavy atom. The van der Waals surface area contributed by atoms with Crippen molar-refractivity contribution in [2.45, 2.75) is 6.04 Å². The summed E-state index contributed by atoms with van der Waals surface area (Å²) in [4.78, 5) is 0. The molecule has 0 aliphatic carbocycles. The van der Waals surface area contributed by atoms with Crippen LogP contribution in [0.1, 0.15) is 11.6 Å². The Hall–Kier alpha value is -1.00. The van der Waals surface area contributed by atoms with Gasteiger partial charge in [0.2, 0.25) is 0 Å². The van der Waals surface area contributed by atoms with Crippen LogP contribution in [0.25, 0.3) is 0 Å². The van der Waals surface area contributed by atoms with Crippen molar-refractivity contribution in [3.63, 3.8) is 0 Å². The van der Waals surface area contributed by atoms with Gasteiger partial charge in [0.1, 0.15) is 11.6 Å². The number of methoxy groups -OCH3 is 1. The Labute approximate surface area is 81.9 Å². The summed E-state index contributed by atoms with van der Waals surface area (Å²) >= 11 is 0. The molecule has 1 rings (SSSR count). The number of nitrogens with one attached hydrogen (secondary N) is 1. The fourth-order valence-electron chi connectivity index (χ4n) is 1.32. The summed E-state index contributed by atoms with van der Waals surface area (Å²) in [5.74, 6) is -1.11. The summed E-state index contributed by atoms with van der Waals surface area (Å²) < 4.78 is 31.4. The minimum Gasteiger partial charge on any atom is -0.383 e. The number of rotatable bonds is 4. The Morgan fingerprint density at radius 2 is 1.93 bits per heavy atom. The molecule has 0 fully saturated rings. The molecule has 0 saturated carbocycles. The van der Waals surface area contributed by atoms with Crippen molar-refractivity contribution in [3.05, 3.63) is 35.4 Å². The van der Waals surface area contributed by atoms with E-state index in [1.54, 1.807) is 7.05 Å². The van der Waals surface area contributed by atoms with Crippen LogP contribution in [0.2, 0.25) is 0 Å². The number of hydrogen-bond acceptors (Lipinski definition) is 2. The van der Waals surface area contributed by atoms with Crippen LogP contribution in [-0.4, -0.2) is 20.8 Å². The number of hydrogen-bond donors (Lipinski definition) is 1. The number of halogens is 2. The highest BCUT2D eigenvalue weighted by atomic mass is 19.1. The highest BCUT2D eigenvalue weighted by molar-refractivity contribution is 5.23. The van der Waals surface area contributed by atoms with Gasteiger partial charge in [-0.25, -0.2) is 8.78 Å². The molecular weight excluding hydrogens is 188 g/mol. The first-order valence-corrected chi connectivity index (χ1v) is 4.30. The van der Waals surface area contributed by atoms with Gasteiger partial charge in [-0.15, -0.1) is 0 Å². The van der Waals surface area contributed by atoms with E-state index in [0.717, 1.165) is 0 Å². The summed E-state index contributed by atoms with van der Waals surface area (Å²) in [6.45, 7) is 0.231. The molecule has 4 heteroatoms. The molecule has 1 N–H and O–H groups in total. The second-order valence-corrected chi connectivity index (χ2v) is 2.93. The van der Waals surface area contributed by atoms with Crippen LogP contribution >= 0.6 is 0 Å². The van der Waals surface area contributed by atoms with E-state index in [1.807, 2.05) is 0 Å². The molecule has 0 bridgehead atoms. The van der Waals surface area contributed by atoms with Gasteiger partial charge in [-0.05, 0) is 19.2 Å². The zero-order valence-electron chi connectivity index (χ0n) is 8.18. The fourth-order valence-corrected chi connectivity index (χ4v) is 1.32. The standard InChI is InChI=1S/C10H13F2NO/c1-13-9(6-14-2)10-7(11)4-3-5-8(10)12/h3-5,9,13H,6H2,1-2H3. The van der Waals surface area contributed by atoms with Gasteiger partial charge in [-0.2, -0.15) is 0 Å². The van der Waals surface area contributed by atoms with Crippen LogP contribution in [0.4, 0.5) is 8.78 Å². The molecule has 1 unspecified atom stereocenters. The van der Waals surface area contributed by atoms with Crippen LogP contribution in [0, 0.1) is 11.6 Å². The quantitative estimate of drug-likeness (QED) is 0.803. The predicted molar refractivity (Wildman–Crippen MR) is 50.0 cm³/mol. The third-order valence-electron chi connectivity index (χ3n) is 2.03. The van der Waals surface area contributed by atoms with E-state index in [1.165, 1.54) is 25.3 Å². The molecule has 0 saturated heterocycles. The maximum Gasteiger partial charge on any atom is 0.131 e. The van der Waals surface area contributed by atoms with Gasteiger partial charge in [-0.3, -0.25) is 0 Å². The predicted octanol–water partition coefficient (Wildman–Crippen LogP) is 1.87. The normalized spacial score (nSPS) is 12.9. The van der Waals surface area contributed by atoms with Gasteiger partial charge in [0.15, 0.2) is 0 Å². The molecule has 0 aliphatic rings. The third-order valence-corrected chi connectivity index (χ3v) is 2.03. The molecule has 0 radical (unpaired) electrons. The average molecular weight is 201 g/mol. The molecule has 0 aliphatic heterocycles. The number of benzene rings is 1. The Kier molecular flexibility index (Phi) is 3.98. The molecule has 0 spiro atoms. The van der Waals surface area contributed by atoms with E-state index in [4.69, 9.17) is 4.74 Å². The van der Waals surface area contributed by atoms with Gasteiger partial charge < -0.3 is 10.1 Å². The first-order valence-electron chi connectivity index (χ1n) is 4.30. The van der Waals surface area contributed by atoms with Gasteiger partial charge in [-0.1, -0.05) is 6.07 Å². The summed E-state index contributed by atoms with van der Waals surface area (Å²) in [6, 6.07) is 3.35. The highest BCUT2D eigenvalue weighted by Gasteiger charge is 2.17. The Morgan fingerprint density at radius 1 is 1.36 bits per heavy atom. The van der Waals surface area contributed by atoms with Crippen molar-refractivity contribution in [2.75, 3.05) is 20.8 Å². The van der Waals surface area contributed by atoms with E-state index in [9.17, 15) is 8.78 Å². The van der Waals surface area contributed by atoms with Crippen LogP contribution in [0.15, 0.2) is 18.2 Å². The molecule has 78 valence electrons. The molecule has 0 amide bonds. The van der Waals surface area contributed by atoms with Crippen molar-refractivity contribution in [2.24, 2.45) is 0 Å². The molecule has 0 aromatic heterocycles. The van der Waals surface area contributed by atoms with E-state index in [2.05, 4.69) is 5.32 Å². The molecule has 2 nitrogen and oxygen atoms in total. The third kappa shape index (κ3) is 2.27. The second kappa shape index (κ2) is 5.02. The molecule has 1 atom stereocenters. The minimum atomic E-state index is -0.554. The van der Waals surface area contributed by atoms with E-state index in [0.29, 0.717) is 0 Å². The zero-order valence-corrected chi connectivity index (χ0v) is 8.18. The van der Waals surface area contributed by atoms with Gasteiger partial charge >= 0.3 is 0 Å².